The first kappa shape index (κ1) is 24.0. The second kappa shape index (κ2) is 11.3. The van der Waals surface area contributed by atoms with Crippen molar-refractivity contribution in [3.63, 3.8) is 0 Å². The third kappa shape index (κ3) is 6.42. The molecule has 0 unspecified atom stereocenters. The van der Waals surface area contributed by atoms with Gasteiger partial charge in [0.1, 0.15) is 5.75 Å². The molecule has 3 aromatic rings. The van der Waals surface area contributed by atoms with Gasteiger partial charge in [-0.3, -0.25) is 9.78 Å². The molecule has 0 aliphatic rings. The maximum absolute atomic E-state index is 13.3. The van der Waals surface area contributed by atoms with Gasteiger partial charge in [-0.15, -0.1) is 0 Å². The summed E-state index contributed by atoms with van der Waals surface area (Å²) in [5, 5.41) is 0. The molecule has 1 aromatic heterocycles. The van der Waals surface area contributed by atoms with Gasteiger partial charge in [-0.2, -0.15) is 0 Å². The zero-order valence-electron chi connectivity index (χ0n) is 19.6. The summed E-state index contributed by atoms with van der Waals surface area (Å²) in [7, 11) is 0. The maximum Gasteiger partial charge on any atom is 0.338 e. The normalized spacial score (nSPS) is 10.7. The molecule has 0 aliphatic heterocycles. The smallest absolute Gasteiger partial charge is 0.338 e. The third-order valence-electron chi connectivity index (χ3n) is 5.20. The van der Waals surface area contributed by atoms with E-state index in [0.717, 1.165) is 22.4 Å². The highest BCUT2D eigenvalue weighted by Gasteiger charge is 2.19. The molecular formula is C27H30N2O4. The number of hydrogen-bond acceptors (Lipinski definition) is 5. The van der Waals surface area contributed by atoms with Crippen molar-refractivity contribution in [2.75, 3.05) is 18.1 Å². The molecule has 6 nitrogen and oxygen atoms in total. The molecule has 0 aliphatic carbocycles. The summed E-state index contributed by atoms with van der Waals surface area (Å²) in [5.74, 6) is 0.409. The van der Waals surface area contributed by atoms with Crippen molar-refractivity contribution in [3.8, 4) is 5.75 Å². The standard InChI is InChI=1S/C27H30N2O4/c1-5-32-27(31)22-9-11-23(12-10-22)29(17-21-7-6-14-28-16-21)26(30)18-33-25-15-20(4)8-13-24(25)19(2)3/h6-16,19H,5,17-18H2,1-4H3. The summed E-state index contributed by atoms with van der Waals surface area (Å²) in [5.41, 5.74) is 4.12. The minimum Gasteiger partial charge on any atom is -0.483 e. The molecular weight excluding hydrogens is 416 g/mol. The molecule has 33 heavy (non-hydrogen) atoms. The number of carbonyl (C=O) groups is 2. The summed E-state index contributed by atoms with van der Waals surface area (Å²) >= 11 is 0. The SMILES string of the molecule is CCOC(=O)c1ccc(N(Cc2cccnc2)C(=O)COc2cc(C)ccc2C(C)C)cc1. The second-order valence-corrected chi connectivity index (χ2v) is 8.09. The lowest BCUT2D eigenvalue weighted by Crippen LogP contribution is -2.34. The molecule has 0 saturated carbocycles. The van der Waals surface area contributed by atoms with Crippen LogP contribution in [0.4, 0.5) is 5.69 Å². The third-order valence-corrected chi connectivity index (χ3v) is 5.20. The monoisotopic (exact) mass is 446 g/mol. The number of amides is 1. The number of aryl methyl sites for hydroxylation is 1. The van der Waals surface area contributed by atoms with Crippen LogP contribution in [-0.2, 0) is 16.1 Å². The van der Waals surface area contributed by atoms with Crippen molar-refractivity contribution in [1.29, 1.82) is 0 Å². The first-order chi connectivity index (χ1) is 15.9. The van der Waals surface area contributed by atoms with Crippen molar-refractivity contribution >= 4 is 17.6 Å². The number of ether oxygens (including phenoxy) is 2. The Morgan fingerprint density at radius 2 is 1.82 bits per heavy atom. The lowest BCUT2D eigenvalue weighted by atomic mass is 10.0. The number of benzene rings is 2. The van der Waals surface area contributed by atoms with Crippen molar-refractivity contribution < 1.29 is 19.1 Å². The summed E-state index contributed by atoms with van der Waals surface area (Å²) in [6.45, 7) is 8.49. The van der Waals surface area contributed by atoms with E-state index in [0.29, 0.717) is 24.4 Å². The molecule has 172 valence electrons. The fourth-order valence-corrected chi connectivity index (χ4v) is 3.45. The number of nitrogens with zero attached hydrogens (tertiary/aromatic N) is 2. The zero-order chi connectivity index (χ0) is 23.8. The van der Waals surface area contributed by atoms with Crippen LogP contribution in [0.5, 0.6) is 5.75 Å². The summed E-state index contributed by atoms with van der Waals surface area (Å²) < 4.78 is 11.0. The Balaban J connectivity index is 1.83. The number of carbonyl (C=O) groups excluding carboxylic acids is 2. The van der Waals surface area contributed by atoms with Crippen LogP contribution in [0.2, 0.25) is 0 Å². The summed E-state index contributed by atoms with van der Waals surface area (Å²) in [6.07, 6.45) is 3.42. The molecule has 1 heterocycles. The van der Waals surface area contributed by atoms with Crippen molar-refractivity contribution in [2.45, 2.75) is 40.2 Å². The molecule has 0 fully saturated rings. The minimum absolute atomic E-state index is 0.108. The second-order valence-electron chi connectivity index (χ2n) is 8.09. The average Bonchev–Trinajstić information content (AvgIpc) is 2.82. The molecule has 0 saturated heterocycles. The van der Waals surface area contributed by atoms with Crippen molar-refractivity contribution in [2.24, 2.45) is 0 Å². The molecule has 6 heteroatoms. The van der Waals surface area contributed by atoms with Crippen LogP contribution in [0, 0.1) is 6.92 Å². The van der Waals surface area contributed by atoms with Crippen LogP contribution in [0.15, 0.2) is 67.0 Å². The van der Waals surface area contributed by atoms with Crippen LogP contribution in [0.1, 0.15) is 53.7 Å². The van der Waals surface area contributed by atoms with E-state index in [2.05, 4.69) is 18.8 Å². The Bertz CT molecular complexity index is 1080. The highest BCUT2D eigenvalue weighted by Crippen LogP contribution is 2.28. The van der Waals surface area contributed by atoms with Crippen molar-refractivity contribution in [3.05, 3.63) is 89.2 Å². The molecule has 0 N–H and O–H groups in total. The van der Waals surface area contributed by atoms with Crippen LogP contribution in [0.3, 0.4) is 0 Å². The maximum atomic E-state index is 13.3. The molecule has 0 bridgehead atoms. The Labute approximate surface area is 195 Å². The Kier molecular flexibility index (Phi) is 8.19. The molecule has 0 atom stereocenters. The Hall–Kier alpha value is -3.67. The van der Waals surface area contributed by atoms with Crippen LogP contribution >= 0.6 is 0 Å². The fourth-order valence-electron chi connectivity index (χ4n) is 3.45. The van der Waals surface area contributed by atoms with E-state index < -0.39 is 5.97 Å². The van der Waals surface area contributed by atoms with E-state index in [1.807, 2.05) is 37.3 Å². The van der Waals surface area contributed by atoms with Gasteiger partial charge in [0, 0.05) is 18.1 Å². The van der Waals surface area contributed by atoms with E-state index in [9.17, 15) is 9.59 Å². The predicted octanol–water partition coefficient (Wildman–Crippen LogP) is 5.30. The van der Waals surface area contributed by atoms with Gasteiger partial charge in [-0.25, -0.2) is 4.79 Å². The molecule has 0 radical (unpaired) electrons. The molecule has 3 rings (SSSR count). The van der Waals surface area contributed by atoms with Crippen LogP contribution in [-0.4, -0.2) is 30.1 Å². The van der Waals surface area contributed by atoms with Gasteiger partial charge in [-0.1, -0.05) is 32.0 Å². The van der Waals surface area contributed by atoms with E-state index >= 15 is 0 Å². The number of anilines is 1. The highest BCUT2D eigenvalue weighted by molar-refractivity contribution is 5.95. The largest absolute Gasteiger partial charge is 0.483 e. The predicted molar refractivity (Wildman–Crippen MR) is 129 cm³/mol. The molecule has 1 amide bonds. The lowest BCUT2D eigenvalue weighted by Gasteiger charge is -2.24. The van der Waals surface area contributed by atoms with E-state index in [4.69, 9.17) is 9.47 Å². The van der Waals surface area contributed by atoms with Gasteiger partial charge in [0.25, 0.3) is 5.91 Å². The van der Waals surface area contributed by atoms with Gasteiger partial charge in [0.05, 0.1) is 18.7 Å². The zero-order valence-corrected chi connectivity index (χ0v) is 19.6. The molecule has 2 aromatic carbocycles. The number of aromatic nitrogens is 1. The Morgan fingerprint density at radius 1 is 1.06 bits per heavy atom. The quantitative estimate of drug-likeness (QED) is 0.417. The first-order valence-electron chi connectivity index (χ1n) is 11.1. The lowest BCUT2D eigenvalue weighted by molar-refractivity contribution is -0.120. The van der Waals surface area contributed by atoms with Crippen LogP contribution in [0.25, 0.3) is 0 Å². The van der Waals surface area contributed by atoms with Gasteiger partial charge in [0.15, 0.2) is 6.61 Å². The number of pyridine rings is 1. The van der Waals surface area contributed by atoms with Gasteiger partial charge >= 0.3 is 5.97 Å². The van der Waals surface area contributed by atoms with E-state index in [1.165, 1.54) is 0 Å². The average molecular weight is 447 g/mol. The van der Waals surface area contributed by atoms with Gasteiger partial charge in [-0.05, 0) is 72.9 Å². The van der Waals surface area contributed by atoms with E-state index in [-0.39, 0.29) is 18.4 Å². The number of rotatable bonds is 9. The highest BCUT2D eigenvalue weighted by atomic mass is 16.5. The van der Waals surface area contributed by atoms with Gasteiger partial charge in [0.2, 0.25) is 0 Å². The van der Waals surface area contributed by atoms with Crippen molar-refractivity contribution in [1.82, 2.24) is 4.98 Å². The van der Waals surface area contributed by atoms with E-state index in [1.54, 1.807) is 48.5 Å². The Morgan fingerprint density at radius 3 is 2.45 bits per heavy atom. The number of esters is 1. The minimum atomic E-state index is -0.391. The topological polar surface area (TPSA) is 68.7 Å². The fraction of sp³-hybridized carbons (Fsp3) is 0.296. The first-order valence-corrected chi connectivity index (χ1v) is 11.1. The van der Waals surface area contributed by atoms with Gasteiger partial charge < -0.3 is 14.4 Å². The number of hydrogen-bond donors (Lipinski definition) is 0. The van der Waals surface area contributed by atoms with Crippen LogP contribution < -0.4 is 9.64 Å². The molecule has 0 spiro atoms. The summed E-state index contributed by atoms with van der Waals surface area (Å²) in [6, 6.07) is 16.6. The summed E-state index contributed by atoms with van der Waals surface area (Å²) in [4.78, 5) is 31.1.